The van der Waals surface area contributed by atoms with E-state index < -0.39 is 0 Å². The van der Waals surface area contributed by atoms with Crippen LogP contribution in [0.2, 0.25) is 0 Å². The fourth-order valence-electron chi connectivity index (χ4n) is 2.40. The molecule has 0 aromatic carbocycles. The van der Waals surface area contributed by atoms with Crippen LogP contribution >= 0.6 is 0 Å². The summed E-state index contributed by atoms with van der Waals surface area (Å²) in [5.41, 5.74) is -0.389. The average molecular weight is 241 g/mol. The highest BCUT2D eigenvalue weighted by atomic mass is 16.6. The van der Waals surface area contributed by atoms with E-state index in [0.717, 1.165) is 13.1 Å². The Morgan fingerprint density at radius 2 is 1.65 bits per heavy atom. The number of piperidine rings is 1. The molecule has 1 heterocycles. The lowest BCUT2D eigenvalue weighted by molar-refractivity contribution is -0.163. The van der Waals surface area contributed by atoms with Crippen molar-refractivity contribution in [1.29, 1.82) is 0 Å². The smallest absolute Gasteiger partial charge is 0.324 e. The zero-order valence-electron chi connectivity index (χ0n) is 12.0. The molecule has 0 saturated carbocycles. The number of nitrogens with zero attached hydrogens (tertiary/aromatic N) is 1. The lowest BCUT2D eigenvalue weighted by Gasteiger charge is -2.36. The van der Waals surface area contributed by atoms with E-state index in [-0.39, 0.29) is 17.6 Å². The van der Waals surface area contributed by atoms with E-state index in [2.05, 4.69) is 18.7 Å². The van der Waals surface area contributed by atoms with Gasteiger partial charge in [-0.3, -0.25) is 9.69 Å². The molecule has 0 amide bonds. The zero-order chi connectivity index (χ0) is 13.1. The molecule has 0 spiro atoms. The summed E-state index contributed by atoms with van der Waals surface area (Å²) < 4.78 is 5.53. The number of rotatable bonds is 3. The number of hydrogen-bond acceptors (Lipinski definition) is 3. The second kappa shape index (κ2) is 5.85. The maximum Gasteiger partial charge on any atom is 0.324 e. The van der Waals surface area contributed by atoms with Gasteiger partial charge in [0.15, 0.2) is 0 Å². The molecule has 1 aliphatic rings. The third-order valence-electron chi connectivity index (χ3n) is 3.06. The summed E-state index contributed by atoms with van der Waals surface area (Å²) >= 11 is 0. The summed E-state index contributed by atoms with van der Waals surface area (Å²) in [5.74, 6) is 0.248. The fraction of sp³-hybridized carbons (Fsp3) is 0.929. The molecule has 1 fully saturated rings. The minimum absolute atomic E-state index is 0.0607. The van der Waals surface area contributed by atoms with Gasteiger partial charge < -0.3 is 4.74 Å². The summed E-state index contributed by atoms with van der Waals surface area (Å²) in [4.78, 5) is 14.5. The van der Waals surface area contributed by atoms with Crippen LogP contribution in [0.25, 0.3) is 0 Å². The highest BCUT2D eigenvalue weighted by molar-refractivity contribution is 5.76. The summed E-state index contributed by atoms with van der Waals surface area (Å²) in [6.45, 7) is 12.0. The van der Waals surface area contributed by atoms with Gasteiger partial charge in [0.25, 0.3) is 0 Å². The third kappa shape index (κ3) is 4.66. The molecular formula is C14H27NO2. The van der Waals surface area contributed by atoms with Crippen molar-refractivity contribution in [1.82, 2.24) is 4.90 Å². The van der Waals surface area contributed by atoms with Gasteiger partial charge in [-0.15, -0.1) is 0 Å². The van der Waals surface area contributed by atoms with Gasteiger partial charge in [-0.1, -0.05) is 20.3 Å². The molecule has 17 heavy (non-hydrogen) atoms. The van der Waals surface area contributed by atoms with Crippen molar-refractivity contribution in [2.45, 2.75) is 65.5 Å². The first-order valence-electron chi connectivity index (χ1n) is 6.78. The third-order valence-corrected chi connectivity index (χ3v) is 3.06. The molecule has 1 saturated heterocycles. The highest BCUT2D eigenvalue weighted by Crippen LogP contribution is 2.20. The Morgan fingerprint density at radius 3 is 2.06 bits per heavy atom. The Kier molecular flexibility index (Phi) is 4.99. The predicted octanol–water partition coefficient (Wildman–Crippen LogP) is 2.84. The molecule has 0 radical (unpaired) electrons. The predicted molar refractivity (Wildman–Crippen MR) is 69.9 cm³/mol. The fourth-order valence-corrected chi connectivity index (χ4v) is 2.40. The van der Waals surface area contributed by atoms with Crippen LogP contribution in [0.1, 0.15) is 53.9 Å². The number of esters is 1. The Labute approximate surface area is 106 Å². The largest absolute Gasteiger partial charge is 0.459 e. The summed E-state index contributed by atoms with van der Waals surface area (Å²) in [5, 5.41) is 0. The van der Waals surface area contributed by atoms with E-state index in [9.17, 15) is 4.79 Å². The molecule has 0 N–H and O–H groups in total. The van der Waals surface area contributed by atoms with Gasteiger partial charge in [0.05, 0.1) is 0 Å². The van der Waals surface area contributed by atoms with E-state index in [1.54, 1.807) is 0 Å². The first kappa shape index (κ1) is 14.5. The Bertz CT molecular complexity index is 249. The lowest BCUT2D eigenvalue weighted by Crippen LogP contribution is -2.49. The molecule has 0 aromatic rings. The van der Waals surface area contributed by atoms with Crippen LogP contribution < -0.4 is 0 Å². The SMILES string of the molecule is CC(C)C(C(=O)OC(C)(C)C)N1CCCCC1. The van der Waals surface area contributed by atoms with Crippen LogP contribution in [0.4, 0.5) is 0 Å². The van der Waals surface area contributed by atoms with Gasteiger partial charge >= 0.3 is 5.97 Å². The summed E-state index contributed by atoms with van der Waals surface area (Å²) in [7, 11) is 0. The molecule has 3 heteroatoms. The van der Waals surface area contributed by atoms with Gasteiger partial charge in [0.1, 0.15) is 11.6 Å². The van der Waals surface area contributed by atoms with Crippen molar-refractivity contribution in [2.75, 3.05) is 13.1 Å². The van der Waals surface area contributed by atoms with Crippen LogP contribution in [0.3, 0.4) is 0 Å². The number of ether oxygens (including phenoxy) is 1. The van der Waals surface area contributed by atoms with Gasteiger partial charge in [0.2, 0.25) is 0 Å². The molecule has 0 bridgehead atoms. The summed E-state index contributed by atoms with van der Waals surface area (Å²) in [6.07, 6.45) is 3.69. The van der Waals surface area contributed by atoms with Gasteiger partial charge in [-0.25, -0.2) is 0 Å². The monoisotopic (exact) mass is 241 g/mol. The lowest BCUT2D eigenvalue weighted by atomic mass is 9.99. The zero-order valence-corrected chi connectivity index (χ0v) is 12.0. The number of carbonyl (C=O) groups is 1. The van der Waals surface area contributed by atoms with Crippen molar-refractivity contribution in [3.63, 3.8) is 0 Å². The minimum atomic E-state index is -0.389. The Hall–Kier alpha value is -0.570. The van der Waals surface area contributed by atoms with Crippen LogP contribution in [-0.2, 0) is 9.53 Å². The van der Waals surface area contributed by atoms with Crippen LogP contribution in [0.15, 0.2) is 0 Å². The number of carbonyl (C=O) groups excluding carboxylic acids is 1. The topological polar surface area (TPSA) is 29.5 Å². The molecule has 0 aliphatic carbocycles. The van der Waals surface area contributed by atoms with Crippen LogP contribution in [0.5, 0.6) is 0 Å². The molecule has 3 nitrogen and oxygen atoms in total. The van der Waals surface area contributed by atoms with Crippen molar-refractivity contribution >= 4 is 5.97 Å². The molecule has 1 atom stereocenters. The standard InChI is InChI=1S/C14H27NO2/c1-11(2)12(13(16)17-14(3,4)5)15-9-7-6-8-10-15/h11-12H,6-10H2,1-5H3. The van der Waals surface area contributed by atoms with E-state index >= 15 is 0 Å². The Morgan fingerprint density at radius 1 is 1.12 bits per heavy atom. The minimum Gasteiger partial charge on any atom is -0.459 e. The maximum atomic E-state index is 12.2. The first-order chi connectivity index (χ1) is 7.81. The maximum absolute atomic E-state index is 12.2. The van der Waals surface area contributed by atoms with E-state index in [1.807, 2.05) is 20.8 Å². The van der Waals surface area contributed by atoms with Crippen LogP contribution in [-0.4, -0.2) is 35.6 Å². The average Bonchev–Trinajstić information content (AvgIpc) is 2.15. The molecule has 100 valence electrons. The molecular weight excluding hydrogens is 214 g/mol. The first-order valence-corrected chi connectivity index (χ1v) is 6.78. The highest BCUT2D eigenvalue weighted by Gasteiger charge is 2.33. The Balaban J connectivity index is 2.67. The van der Waals surface area contributed by atoms with E-state index in [0.29, 0.717) is 5.92 Å². The van der Waals surface area contributed by atoms with Crippen molar-refractivity contribution in [3.8, 4) is 0 Å². The number of hydrogen-bond donors (Lipinski definition) is 0. The molecule has 1 aliphatic heterocycles. The second-order valence-corrected chi connectivity index (χ2v) is 6.32. The second-order valence-electron chi connectivity index (χ2n) is 6.32. The van der Waals surface area contributed by atoms with Gasteiger partial charge in [-0.05, 0) is 52.6 Å². The molecule has 0 aromatic heterocycles. The van der Waals surface area contributed by atoms with Crippen molar-refractivity contribution < 1.29 is 9.53 Å². The summed E-state index contributed by atoms with van der Waals surface area (Å²) in [6, 6.07) is -0.0745. The normalized spacial score (nSPS) is 20.4. The quantitative estimate of drug-likeness (QED) is 0.712. The van der Waals surface area contributed by atoms with Gasteiger partial charge in [0, 0.05) is 0 Å². The van der Waals surface area contributed by atoms with Crippen LogP contribution in [0, 0.1) is 5.92 Å². The molecule has 1 rings (SSSR count). The van der Waals surface area contributed by atoms with E-state index in [4.69, 9.17) is 4.74 Å². The molecule has 1 unspecified atom stereocenters. The van der Waals surface area contributed by atoms with Gasteiger partial charge in [-0.2, -0.15) is 0 Å². The van der Waals surface area contributed by atoms with E-state index in [1.165, 1.54) is 19.3 Å². The number of likely N-dealkylation sites (tertiary alicyclic amines) is 1. The van der Waals surface area contributed by atoms with Crippen molar-refractivity contribution in [2.24, 2.45) is 5.92 Å². The van der Waals surface area contributed by atoms with Crippen molar-refractivity contribution in [3.05, 3.63) is 0 Å².